The Bertz CT molecular complexity index is 963. The molecule has 0 fully saturated rings. The molecule has 0 radical (unpaired) electrons. The molecule has 1 aliphatic heterocycles. The van der Waals surface area contributed by atoms with Crippen LogP contribution in [0.3, 0.4) is 0 Å². The maximum Gasteiger partial charge on any atom is 0.355 e. The van der Waals surface area contributed by atoms with E-state index in [4.69, 9.17) is 9.47 Å². The fraction of sp³-hybridized carbons (Fsp3) is 0.300. The first-order valence-electron chi connectivity index (χ1n) is 9.01. The SMILES string of the molecule is CCCCNS(=O)(=O)c1ccccc1N1C=CC=CC(C(=O)OC)=C1C(=O)OC. The summed E-state index contributed by atoms with van der Waals surface area (Å²) in [4.78, 5) is 26.1. The molecule has 1 aromatic carbocycles. The monoisotopic (exact) mass is 420 g/mol. The van der Waals surface area contributed by atoms with Crippen molar-refractivity contribution in [2.24, 2.45) is 0 Å². The predicted octanol–water partition coefficient (Wildman–Crippen LogP) is 2.26. The minimum Gasteiger partial charge on any atom is -0.465 e. The number of carbonyl (C=O) groups excluding carboxylic acids is 2. The molecule has 0 spiro atoms. The summed E-state index contributed by atoms with van der Waals surface area (Å²) in [6.45, 7) is 2.25. The zero-order valence-corrected chi connectivity index (χ0v) is 17.4. The number of esters is 2. The van der Waals surface area contributed by atoms with E-state index in [1.165, 1.54) is 37.5 Å². The van der Waals surface area contributed by atoms with Crippen LogP contribution >= 0.6 is 0 Å². The van der Waals surface area contributed by atoms with Crippen molar-refractivity contribution in [1.29, 1.82) is 0 Å². The van der Waals surface area contributed by atoms with E-state index in [-0.39, 0.29) is 28.4 Å². The summed E-state index contributed by atoms with van der Waals surface area (Å²) in [6.07, 6.45) is 7.54. The zero-order valence-electron chi connectivity index (χ0n) is 16.5. The van der Waals surface area contributed by atoms with Crippen LogP contribution in [0.4, 0.5) is 5.69 Å². The van der Waals surface area contributed by atoms with Crippen LogP contribution in [0.5, 0.6) is 0 Å². The van der Waals surface area contributed by atoms with Crippen molar-refractivity contribution in [3.63, 3.8) is 0 Å². The lowest BCUT2D eigenvalue weighted by atomic mass is 10.1. The van der Waals surface area contributed by atoms with Crippen molar-refractivity contribution in [3.05, 3.63) is 60.0 Å². The third-order valence-corrected chi connectivity index (χ3v) is 5.63. The number of methoxy groups -OCH3 is 2. The molecular formula is C20H24N2O6S. The molecule has 2 rings (SSSR count). The number of nitrogens with one attached hydrogen (secondary N) is 1. The Morgan fingerprint density at radius 3 is 2.41 bits per heavy atom. The predicted molar refractivity (Wildman–Crippen MR) is 108 cm³/mol. The van der Waals surface area contributed by atoms with Gasteiger partial charge in [-0.3, -0.25) is 0 Å². The van der Waals surface area contributed by atoms with Gasteiger partial charge in [-0.1, -0.05) is 31.6 Å². The van der Waals surface area contributed by atoms with Gasteiger partial charge < -0.3 is 14.4 Å². The number of rotatable bonds is 8. The van der Waals surface area contributed by atoms with E-state index in [1.54, 1.807) is 30.4 Å². The molecule has 9 heteroatoms. The first-order chi connectivity index (χ1) is 13.9. The lowest BCUT2D eigenvalue weighted by molar-refractivity contribution is -0.139. The molecule has 0 saturated heterocycles. The number of benzene rings is 1. The van der Waals surface area contributed by atoms with Gasteiger partial charge in [0.2, 0.25) is 10.0 Å². The second-order valence-electron chi connectivity index (χ2n) is 6.04. The molecule has 1 aromatic rings. The highest BCUT2D eigenvalue weighted by atomic mass is 32.2. The van der Waals surface area contributed by atoms with Gasteiger partial charge in [0.05, 0.1) is 25.5 Å². The molecule has 156 valence electrons. The average molecular weight is 420 g/mol. The number of unbranched alkanes of at least 4 members (excludes halogenated alkanes) is 1. The van der Waals surface area contributed by atoms with Gasteiger partial charge >= 0.3 is 11.9 Å². The molecule has 0 amide bonds. The Kier molecular flexibility index (Phi) is 7.74. The highest BCUT2D eigenvalue weighted by Crippen LogP contribution is 2.31. The van der Waals surface area contributed by atoms with Crippen molar-refractivity contribution in [3.8, 4) is 0 Å². The summed E-state index contributed by atoms with van der Waals surface area (Å²) in [6, 6.07) is 6.20. The smallest absolute Gasteiger partial charge is 0.355 e. The van der Waals surface area contributed by atoms with Gasteiger partial charge in [0.1, 0.15) is 10.6 Å². The lowest BCUT2D eigenvalue weighted by Crippen LogP contribution is -2.30. The first kappa shape index (κ1) is 22.4. The number of carbonyl (C=O) groups is 2. The van der Waals surface area contributed by atoms with Crippen LogP contribution < -0.4 is 9.62 Å². The van der Waals surface area contributed by atoms with Gasteiger partial charge in [-0.25, -0.2) is 22.7 Å². The van der Waals surface area contributed by atoms with Gasteiger partial charge in [0.15, 0.2) is 0 Å². The molecule has 0 unspecified atom stereocenters. The van der Waals surface area contributed by atoms with Gasteiger partial charge in [-0.15, -0.1) is 0 Å². The van der Waals surface area contributed by atoms with E-state index in [1.807, 2.05) is 6.92 Å². The Balaban J connectivity index is 2.66. The van der Waals surface area contributed by atoms with Gasteiger partial charge in [0, 0.05) is 12.7 Å². The molecular weight excluding hydrogens is 396 g/mol. The number of para-hydroxylation sites is 1. The maximum absolute atomic E-state index is 12.9. The van der Waals surface area contributed by atoms with Gasteiger partial charge in [-0.2, -0.15) is 0 Å². The first-order valence-corrected chi connectivity index (χ1v) is 10.5. The van der Waals surface area contributed by atoms with Crippen LogP contribution in [-0.4, -0.2) is 41.1 Å². The van der Waals surface area contributed by atoms with Crippen LogP contribution in [0, 0.1) is 0 Å². The normalized spacial score (nSPS) is 14.0. The summed E-state index contributed by atoms with van der Waals surface area (Å²) in [5, 5.41) is 0. The van der Waals surface area contributed by atoms with E-state index >= 15 is 0 Å². The topological polar surface area (TPSA) is 102 Å². The zero-order chi connectivity index (χ0) is 21.4. The minimum atomic E-state index is -3.86. The summed E-state index contributed by atoms with van der Waals surface area (Å²) in [7, 11) is -1.49. The van der Waals surface area contributed by atoms with Gasteiger partial charge in [0.25, 0.3) is 0 Å². The fourth-order valence-electron chi connectivity index (χ4n) is 2.70. The Morgan fingerprint density at radius 2 is 1.76 bits per heavy atom. The highest BCUT2D eigenvalue weighted by Gasteiger charge is 2.30. The van der Waals surface area contributed by atoms with E-state index < -0.39 is 22.0 Å². The van der Waals surface area contributed by atoms with E-state index in [0.717, 1.165) is 6.42 Å². The summed E-state index contributed by atoms with van der Waals surface area (Å²) in [5.41, 5.74) is -0.0192. The molecule has 1 heterocycles. The number of allylic oxidation sites excluding steroid dienone is 2. The van der Waals surface area contributed by atoms with E-state index in [9.17, 15) is 18.0 Å². The third-order valence-electron chi connectivity index (χ3n) is 4.13. The number of ether oxygens (including phenoxy) is 2. The molecule has 0 atom stereocenters. The number of nitrogens with zero attached hydrogens (tertiary/aromatic N) is 1. The molecule has 0 aliphatic carbocycles. The molecule has 0 bridgehead atoms. The minimum absolute atomic E-state index is 0.0340. The number of anilines is 1. The molecule has 0 aromatic heterocycles. The molecule has 0 saturated carbocycles. The number of hydrogen-bond donors (Lipinski definition) is 1. The lowest BCUT2D eigenvalue weighted by Gasteiger charge is -2.25. The maximum atomic E-state index is 12.9. The number of sulfonamides is 1. The van der Waals surface area contributed by atoms with Crippen LogP contribution in [0.2, 0.25) is 0 Å². The quantitative estimate of drug-likeness (QED) is 0.508. The van der Waals surface area contributed by atoms with Crippen molar-refractivity contribution in [2.45, 2.75) is 24.7 Å². The van der Waals surface area contributed by atoms with Gasteiger partial charge in [-0.05, 0) is 30.7 Å². The fourth-order valence-corrected chi connectivity index (χ4v) is 3.96. The summed E-state index contributed by atoms with van der Waals surface area (Å²) in [5.74, 6) is -1.57. The average Bonchev–Trinajstić information content (AvgIpc) is 2.95. The van der Waals surface area contributed by atoms with E-state index in [0.29, 0.717) is 6.42 Å². The standard InChI is InChI=1S/C20H24N2O6S/c1-4-5-13-21-29(25,26)17-12-7-6-11-16(17)22-14-9-8-10-15(19(23)27-2)18(22)20(24)28-3/h6-12,14,21H,4-5,13H2,1-3H3. The molecule has 29 heavy (non-hydrogen) atoms. The molecule has 1 aliphatic rings. The van der Waals surface area contributed by atoms with Crippen LogP contribution in [0.25, 0.3) is 0 Å². The summed E-state index contributed by atoms with van der Waals surface area (Å²) >= 11 is 0. The molecule has 1 N–H and O–H groups in total. The van der Waals surface area contributed by atoms with Crippen LogP contribution in [0.1, 0.15) is 19.8 Å². The second kappa shape index (κ2) is 10.0. The Labute approximate surface area is 170 Å². The Hall–Kier alpha value is -2.91. The highest BCUT2D eigenvalue weighted by molar-refractivity contribution is 7.89. The van der Waals surface area contributed by atoms with Crippen LogP contribution in [0.15, 0.2) is 64.9 Å². The largest absolute Gasteiger partial charge is 0.465 e. The Morgan fingerprint density at radius 1 is 1.07 bits per heavy atom. The third kappa shape index (κ3) is 5.12. The number of hydrogen-bond acceptors (Lipinski definition) is 7. The van der Waals surface area contributed by atoms with Crippen molar-refractivity contribution < 1.29 is 27.5 Å². The van der Waals surface area contributed by atoms with Crippen molar-refractivity contribution in [2.75, 3.05) is 25.7 Å². The van der Waals surface area contributed by atoms with Crippen LogP contribution in [-0.2, 0) is 29.1 Å². The van der Waals surface area contributed by atoms with Crippen molar-refractivity contribution >= 4 is 27.6 Å². The van der Waals surface area contributed by atoms with E-state index in [2.05, 4.69) is 4.72 Å². The second-order valence-corrected chi connectivity index (χ2v) is 7.77. The molecule has 8 nitrogen and oxygen atoms in total. The van der Waals surface area contributed by atoms with Crippen molar-refractivity contribution in [1.82, 2.24) is 4.72 Å². The summed E-state index contributed by atoms with van der Waals surface area (Å²) < 4.78 is 37.9.